The van der Waals surface area contributed by atoms with Crippen LogP contribution in [0.1, 0.15) is 6.42 Å². The predicted molar refractivity (Wildman–Crippen MR) is 61.0 cm³/mol. The number of rotatable bonds is 2. The summed E-state index contributed by atoms with van der Waals surface area (Å²) in [6.07, 6.45) is 1.32. The van der Waals surface area contributed by atoms with Crippen LogP contribution in [0, 0.1) is 0 Å². The molecule has 2 heterocycles. The van der Waals surface area contributed by atoms with Gasteiger partial charge in [-0.1, -0.05) is 0 Å². The summed E-state index contributed by atoms with van der Waals surface area (Å²) < 4.78 is 5.35. The number of nitrogens with one attached hydrogen (secondary N) is 1. The SMILES string of the molecule is C1CNC(CN2CCOCC2)CSC1. The molecule has 0 aromatic carbocycles. The number of ether oxygens (including phenoxy) is 1. The maximum atomic E-state index is 5.35. The summed E-state index contributed by atoms with van der Waals surface area (Å²) in [4.78, 5) is 2.52. The summed E-state index contributed by atoms with van der Waals surface area (Å²) in [7, 11) is 0. The van der Waals surface area contributed by atoms with Crippen LogP contribution in [0.5, 0.6) is 0 Å². The van der Waals surface area contributed by atoms with Crippen molar-refractivity contribution < 1.29 is 4.74 Å². The predicted octanol–water partition coefficient (Wildman–Crippen LogP) is 0.414. The van der Waals surface area contributed by atoms with E-state index in [2.05, 4.69) is 22.0 Å². The van der Waals surface area contributed by atoms with E-state index in [0.29, 0.717) is 6.04 Å². The Morgan fingerprint density at radius 1 is 1.36 bits per heavy atom. The van der Waals surface area contributed by atoms with Gasteiger partial charge in [-0.05, 0) is 18.7 Å². The van der Waals surface area contributed by atoms with Gasteiger partial charge in [0.25, 0.3) is 0 Å². The first-order valence-corrected chi connectivity index (χ1v) is 6.72. The number of thioether (sulfide) groups is 1. The Labute approximate surface area is 90.6 Å². The Morgan fingerprint density at radius 2 is 2.21 bits per heavy atom. The molecule has 0 aromatic rings. The first-order chi connectivity index (χ1) is 6.95. The van der Waals surface area contributed by atoms with Gasteiger partial charge in [0, 0.05) is 31.4 Å². The third kappa shape index (κ3) is 3.42. The van der Waals surface area contributed by atoms with Gasteiger partial charge in [-0.3, -0.25) is 4.90 Å². The van der Waals surface area contributed by atoms with Crippen LogP contribution in [0.4, 0.5) is 0 Å². The second-order valence-corrected chi connectivity index (χ2v) is 5.14. The van der Waals surface area contributed by atoms with Crippen LogP contribution in [0.25, 0.3) is 0 Å². The highest BCUT2D eigenvalue weighted by molar-refractivity contribution is 7.99. The van der Waals surface area contributed by atoms with Crippen LogP contribution < -0.4 is 5.32 Å². The summed E-state index contributed by atoms with van der Waals surface area (Å²) >= 11 is 2.09. The summed E-state index contributed by atoms with van der Waals surface area (Å²) in [5.41, 5.74) is 0. The van der Waals surface area contributed by atoms with Gasteiger partial charge in [0.05, 0.1) is 13.2 Å². The topological polar surface area (TPSA) is 24.5 Å². The van der Waals surface area contributed by atoms with Gasteiger partial charge >= 0.3 is 0 Å². The van der Waals surface area contributed by atoms with Gasteiger partial charge in [-0.2, -0.15) is 11.8 Å². The molecular weight excluding hydrogens is 196 g/mol. The standard InChI is InChI=1S/C10H20N2OS/c1-2-11-10(9-14-7-1)8-12-3-5-13-6-4-12/h10-11H,1-9H2. The van der Waals surface area contributed by atoms with Gasteiger partial charge in [0.2, 0.25) is 0 Å². The van der Waals surface area contributed by atoms with E-state index in [1.807, 2.05) is 0 Å². The van der Waals surface area contributed by atoms with Crippen molar-refractivity contribution in [1.82, 2.24) is 10.2 Å². The molecule has 82 valence electrons. The molecule has 2 rings (SSSR count). The smallest absolute Gasteiger partial charge is 0.0594 e. The molecule has 2 saturated heterocycles. The average Bonchev–Trinajstić information content (AvgIpc) is 2.48. The molecule has 2 aliphatic rings. The molecule has 1 N–H and O–H groups in total. The Kier molecular flexibility index (Phi) is 4.57. The highest BCUT2D eigenvalue weighted by Gasteiger charge is 2.17. The number of hydrogen-bond donors (Lipinski definition) is 1. The molecule has 0 spiro atoms. The van der Waals surface area contributed by atoms with Crippen molar-refractivity contribution in [1.29, 1.82) is 0 Å². The molecule has 14 heavy (non-hydrogen) atoms. The third-order valence-corrected chi connectivity index (χ3v) is 4.02. The van der Waals surface area contributed by atoms with Crippen LogP contribution >= 0.6 is 11.8 Å². The van der Waals surface area contributed by atoms with Crippen molar-refractivity contribution >= 4 is 11.8 Å². The minimum atomic E-state index is 0.695. The largest absolute Gasteiger partial charge is 0.379 e. The quantitative estimate of drug-likeness (QED) is 0.723. The molecule has 0 amide bonds. The molecule has 0 radical (unpaired) electrons. The van der Waals surface area contributed by atoms with E-state index in [1.165, 1.54) is 31.0 Å². The molecular formula is C10H20N2OS. The normalized spacial score (nSPS) is 31.3. The summed E-state index contributed by atoms with van der Waals surface area (Å²) in [6.45, 7) is 6.46. The Bertz CT molecular complexity index is 154. The lowest BCUT2D eigenvalue weighted by Gasteiger charge is -2.30. The van der Waals surface area contributed by atoms with Crippen LogP contribution in [-0.4, -0.2) is 61.8 Å². The summed E-state index contributed by atoms with van der Waals surface area (Å²) in [5.74, 6) is 2.60. The fourth-order valence-electron chi connectivity index (χ4n) is 1.98. The summed E-state index contributed by atoms with van der Waals surface area (Å²) in [6, 6.07) is 0.695. The van der Waals surface area contributed by atoms with Crippen LogP contribution in [0.3, 0.4) is 0 Å². The van der Waals surface area contributed by atoms with E-state index in [4.69, 9.17) is 4.74 Å². The molecule has 1 unspecified atom stereocenters. The molecule has 2 fully saturated rings. The molecule has 0 aromatic heterocycles. The van der Waals surface area contributed by atoms with Crippen LogP contribution in [0.2, 0.25) is 0 Å². The van der Waals surface area contributed by atoms with Crippen LogP contribution in [0.15, 0.2) is 0 Å². The van der Waals surface area contributed by atoms with Gasteiger partial charge in [-0.15, -0.1) is 0 Å². The first-order valence-electron chi connectivity index (χ1n) is 5.56. The fourth-order valence-corrected chi connectivity index (χ4v) is 3.00. The molecule has 0 bridgehead atoms. The average molecular weight is 216 g/mol. The number of hydrogen-bond acceptors (Lipinski definition) is 4. The maximum Gasteiger partial charge on any atom is 0.0594 e. The Balaban J connectivity index is 1.71. The number of morpholine rings is 1. The summed E-state index contributed by atoms with van der Waals surface area (Å²) in [5, 5.41) is 3.63. The molecule has 2 aliphatic heterocycles. The van der Waals surface area contributed by atoms with Crippen molar-refractivity contribution in [3.8, 4) is 0 Å². The fraction of sp³-hybridized carbons (Fsp3) is 1.00. The molecule has 0 saturated carbocycles. The van der Waals surface area contributed by atoms with E-state index in [0.717, 1.165) is 26.3 Å². The lowest BCUT2D eigenvalue weighted by Crippen LogP contribution is -2.46. The molecule has 3 nitrogen and oxygen atoms in total. The van der Waals surface area contributed by atoms with Gasteiger partial charge in [-0.25, -0.2) is 0 Å². The van der Waals surface area contributed by atoms with Crippen LogP contribution in [-0.2, 0) is 4.74 Å². The Morgan fingerprint density at radius 3 is 3.07 bits per heavy atom. The van der Waals surface area contributed by atoms with E-state index >= 15 is 0 Å². The minimum absolute atomic E-state index is 0.695. The Hall–Kier alpha value is 0.230. The van der Waals surface area contributed by atoms with Crippen molar-refractivity contribution in [2.24, 2.45) is 0 Å². The van der Waals surface area contributed by atoms with E-state index in [9.17, 15) is 0 Å². The minimum Gasteiger partial charge on any atom is -0.379 e. The zero-order valence-corrected chi connectivity index (χ0v) is 9.52. The molecule has 0 aliphatic carbocycles. The van der Waals surface area contributed by atoms with Gasteiger partial charge in [0.1, 0.15) is 0 Å². The van der Waals surface area contributed by atoms with E-state index in [-0.39, 0.29) is 0 Å². The maximum absolute atomic E-state index is 5.35. The van der Waals surface area contributed by atoms with Gasteiger partial charge < -0.3 is 10.1 Å². The van der Waals surface area contributed by atoms with Gasteiger partial charge in [0.15, 0.2) is 0 Å². The van der Waals surface area contributed by atoms with Crippen molar-refractivity contribution in [3.63, 3.8) is 0 Å². The lowest BCUT2D eigenvalue weighted by molar-refractivity contribution is 0.0347. The lowest BCUT2D eigenvalue weighted by atomic mass is 10.2. The van der Waals surface area contributed by atoms with Crippen molar-refractivity contribution in [3.05, 3.63) is 0 Å². The first kappa shape index (κ1) is 10.7. The zero-order chi connectivity index (χ0) is 9.64. The molecule has 1 atom stereocenters. The van der Waals surface area contributed by atoms with Crippen molar-refractivity contribution in [2.75, 3.05) is 50.9 Å². The second-order valence-electron chi connectivity index (χ2n) is 3.99. The number of nitrogens with zero attached hydrogens (tertiary/aromatic N) is 1. The highest BCUT2D eigenvalue weighted by Crippen LogP contribution is 2.10. The van der Waals surface area contributed by atoms with E-state index < -0.39 is 0 Å². The zero-order valence-electron chi connectivity index (χ0n) is 8.71. The highest BCUT2D eigenvalue weighted by atomic mass is 32.2. The van der Waals surface area contributed by atoms with Crippen molar-refractivity contribution in [2.45, 2.75) is 12.5 Å². The third-order valence-electron chi connectivity index (χ3n) is 2.80. The van der Waals surface area contributed by atoms with E-state index in [1.54, 1.807) is 0 Å². The molecule has 4 heteroatoms. The monoisotopic (exact) mass is 216 g/mol. The second kappa shape index (κ2) is 5.95.